The molecule has 0 fully saturated rings. The number of carbonyl (C=O) groups excluding carboxylic acids is 2. The Balaban J connectivity index is 1.76. The molecule has 0 saturated carbocycles. The van der Waals surface area contributed by atoms with Gasteiger partial charge in [-0.05, 0) is 29.3 Å². The van der Waals surface area contributed by atoms with Crippen molar-refractivity contribution < 1.29 is 27.5 Å². The van der Waals surface area contributed by atoms with Crippen LogP contribution in [0.4, 0.5) is 10.5 Å². The van der Waals surface area contributed by atoms with Crippen LogP contribution in [0.3, 0.4) is 0 Å². The Hall–Kier alpha value is -3.89. The quantitative estimate of drug-likeness (QED) is 0.428. The van der Waals surface area contributed by atoms with E-state index in [1.54, 1.807) is 0 Å². The van der Waals surface area contributed by atoms with Gasteiger partial charge in [0.2, 0.25) is 15.9 Å². The molecule has 0 aromatic heterocycles. The lowest BCUT2D eigenvalue weighted by molar-refractivity contribution is -0.118. The summed E-state index contributed by atoms with van der Waals surface area (Å²) in [6.45, 7) is 0.0442. The molecule has 1 atom stereocenters. The summed E-state index contributed by atoms with van der Waals surface area (Å²) >= 11 is 0. The third kappa shape index (κ3) is 7.06. The molecule has 3 rings (SSSR count). The minimum atomic E-state index is -4.09. The van der Waals surface area contributed by atoms with E-state index in [-0.39, 0.29) is 29.4 Å². The first-order valence-electron chi connectivity index (χ1n) is 10.3. The molecule has 0 saturated heterocycles. The lowest BCUT2D eigenvalue weighted by Gasteiger charge is -2.19. The largest absolute Gasteiger partial charge is 0.495 e. The molecule has 0 aliphatic carbocycles. The third-order valence-electron chi connectivity index (χ3n) is 4.84. The summed E-state index contributed by atoms with van der Waals surface area (Å²) in [6, 6.07) is 21.3. The maximum Gasteiger partial charge on any atom is 0.408 e. The Morgan fingerprint density at radius 1 is 0.941 bits per heavy atom. The second kappa shape index (κ2) is 11.3. The Kier molecular flexibility index (Phi) is 8.23. The lowest BCUT2D eigenvalue weighted by Crippen LogP contribution is -2.45. The minimum absolute atomic E-state index is 0.0442. The van der Waals surface area contributed by atoms with Gasteiger partial charge in [0, 0.05) is 12.1 Å². The van der Waals surface area contributed by atoms with Crippen LogP contribution in [0.1, 0.15) is 11.1 Å². The first-order chi connectivity index (χ1) is 16.3. The highest BCUT2D eigenvalue weighted by molar-refractivity contribution is 7.89. The monoisotopic (exact) mass is 483 g/mol. The number of carbonyl (C=O) groups is 2. The molecule has 10 heteroatoms. The number of ether oxygens (including phenoxy) is 2. The van der Waals surface area contributed by atoms with Gasteiger partial charge in [0.15, 0.2) is 0 Å². The van der Waals surface area contributed by atoms with Gasteiger partial charge < -0.3 is 20.1 Å². The Bertz CT molecular complexity index is 1230. The molecule has 0 bridgehead atoms. The summed E-state index contributed by atoms with van der Waals surface area (Å²) in [5.74, 6) is -0.519. The molecule has 178 valence electrons. The van der Waals surface area contributed by atoms with E-state index in [0.717, 1.165) is 11.1 Å². The van der Waals surface area contributed by atoms with E-state index in [1.165, 1.54) is 25.3 Å². The highest BCUT2D eigenvalue weighted by Gasteiger charge is 2.23. The standard InChI is InChI=1S/C24H25N3O6S/c1-32-21-13-12-19(15-22(21)34(25,30)31)26-23(28)20(14-17-8-4-2-5-9-17)27-24(29)33-16-18-10-6-3-7-11-18/h2-13,15,20H,14,16H2,1H3,(H,26,28)(H,27,29)(H2,25,30,31)/t20-/m0/s1. The van der Waals surface area contributed by atoms with Crippen molar-refractivity contribution in [2.45, 2.75) is 24.0 Å². The number of amides is 2. The molecule has 0 spiro atoms. The Labute approximate surface area is 197 Å². The van der Waals surface area contributed by atoms with Crippen LogP contribution in [-0.4, -0.2) is 33.6 Å². The number of sulfonamides is 1. The van der Waals surface area contributed by atoms with Crippen molar-refractivity contribution in [2.24, 2.45) is 5.14 Å². The van der Waals surface area contributed by atoms with Gasteiger partial charge in [0.05, 0.1) is 7.11 Å². The zero-order valence-electron chi connectivity index (χ0n) is 18.4. The van der Waals surface area contributed by atoms with E-state index in [9.17, 15) is 18.0 Å². The number of alkyl carbamates (subject to hydrolysis) is 1. The number of hydrogen-bond acceptors (Lipinski definition) is 6. The fourth-order valence-corrected chi connectivity index (χ4v) is 3.90. The van der Waals surface area contributed by atoms with Crippen molar-refractivity contribution in [3.05, 3.63) is 90.0 Å². The van der Waals surface area contributed by atoms with Gasteiger partial charge in [0.1, 0.15) is 23.3 Å². The van der Waals surface area contributed by atoms with E-state index >= 15 is 0 Å². The van der Waals surface area contributed by atoms with Gasteiger partial charge >= 0.3 is 6.09 Å². The number of benzene rings is 3. The van der Waals surface area contributed by atoms with Gasteiger partial charge in [-0.15, -0.1) is 0 Å². The first-order valence-corrected chi connectivity index (χ1v) is 11.8. The van der Waals surface area contributed by atoms with Gasteiger partial charge in [0.25, 0.3) is 0 Å². The molecular formula is C24H25N3O6S. The molecule has 0 unspecified atom stereocenters. The normalized spacial score (nSPS) is 11.8. The summed E-state index contributed by atoms with van der Waals surface area (Å²) in [5.41, 5.74) is 1.79. The SMILES string of the molecule is COc1ccc(NC(=O)[C@H](Cc2ccccc2)NC(=O)OCc2ccccc2)cc1S(N)(=O)=O. The maximum atomic E-state index is 13.0. The van der Waals surface area contributed by atoms with E-state index in [4.69, 9.17) is 14.6 Å². The zero-order chi connectivity index (χ0) is 24.6. The average Bonchev–Trinajstić information content (AvgIpc) is 2.83. The van der Waals surface area contributed by atoms with E-state index < -0.39 is 28.1 Å². The summed E-state index contributed by atoms with van der Waals surface area (Å²) in [5, 5.41) is 10.5. The van der Waals surface area contributed by atoms with Crippen LogP contribution >= 0.6 is 0 Å². The smallest absolute Gasteiger partial charge is 0.408 e. The fraction of sp³-hybridized carbons (Fsp3) is 0.167. The highest BCUT2D eigenvalue weighted by Crippen LogP contribution is 2.26. The molecule has 4 N–H and O–H groups in total. The second-order valence-electron chi connectivity index (χ2n) is 7.35. The molecule has 0 heterocycles. The summed E-state index contributed by atoms with van der Waals surface area (Å²) < 4.78 is 34.0. The molecule has 3 aromatic rings. The Morgan fingerprint density at radius 3 is 2.15 bits per heavy atom. The number of methoxy groups -OCH3 is 1. The first kappa shape index (κ1) is 24.7. The van der Waals surface area contributed by atoms with Crippen LogP contribution in [-0.2, 0) is 32.6 Å². The molecule has 34 heavy (non-hydrogen) atoms. The van der Waals surface area contributed by atoms with Crippen molar-refractivity contribution in [1.82, 2.24) is 5.32 Å². The second-order valence-corrected chi connectivity index (χ2v) is 8.88. The van der Waals surface area contributed by atoms with Crippen molar-refractivity contribution in [1.29, 1.82) is 0 Å². The maximum absolute atomic E-state index is 13.0. The topological polar surface area (TPSA) is 137 Å². The summed E-state index contributed by atoms with van der Waals surface area (Å²) in [6.07, 6.45) is -0.578. The van der Waals surface area contributed by atoms with Gasteiger partial charge in [-0.2, -0.15) is 0 Å². The number of nitrogens with one attached hydrogen (secondary N) is 2. The van der Waals surface area contributed by atoms with Crippen molar-refractivity contribution in [3.63, 3.8) is 0 Å². The number of nitrogens with two attached hydrogens (primary N) is 1. The fourth-order valence-electron chi connectivity index (χ4n) is 3.17. The van der Waals surface area contributed by atoms with E-state index in [2.05, 4.69) is 10.6 Å². The highest BCUT2D eigenvalue weighted by atomic mass is 32.2. The predicted octanol–water partition coefficient (Wildman–Crippen LogP) is 2.82. The molecule has 0 aliphatic heterocycles. The molecule has 0 radical (unpaired) electrons. The van der Waals surface area contributed by atoms with Crippen LogP contribution in [0.2, 0.25) is 0 Å². The number of rotatable bonds is 9. The molecule has 2 amide bonds. The zero-order valence-corrected chi connectivity index (χ0v) is 19.2. The molecule has 3 aromatic carbocycles. The van der Waals surface area contributed by atoms with E-state index in [1.807, 2.05) is 60.7 Å². The van der Waals surface area contributed by atoms with E-state index in [0.29, 0.717) is 0 Å². The van der Waals surface area contributed by atoms with Gasteiger partial charge in [-0.1, -0.05) is 60.7 Å². The summed E-state index contributed by atoms with van der Waals surface area (Å²) in [7, 11) is -2.78. The molecule has 0 aliphatic rings. The van der Waals surface area contributed by atoms with Crippen LogP contribution in [0, 0.1) is 0 Å². The third-order valence-corrected chi connectivity index (χ3v) is 5.77. The summed E-state index contributed by atoms with van der Waals surface area (Å²) in [4.78, 5) is 25.2. The van der Waals surface area contributed by atoms with Crippen molar-refractivity contribution in [2.75, 3.05) is 12.4 Å². The average molecular weight is 484 g/mol. The number of primary sulfonamides is 1. The van der Waals surface area contributed by atoms with Crippen LogP contribution in [0.25, 0.3) is 0 Å². The van der Waals surface area contributed by atoms with Crippen molar-refractivity contribution in [3.8, 4) is 5.75 Å². The lowest BCUT2D eigenvalue weighted by atomic mass is 10.1. The predicted molar refractivity (Wildman–Crippen MR) is 127 cm³/mol. The van der Waals surface area contributed by atoms with Crippen LogP contribution in [0.15, 0.2) is 83.8 Å². The number of anilines is 1. The van der Waals surface area contributed by atoms with Gasteiger partial charge in [-0.25, -0.2) is 18.4 Å². The molecule has 9 nitrogen and oxygen atoms in total. The van der Waals surface area contributed by atoms with Crippen LogP contribution in [0.5, 0.6) is 5.75 Å². The Morgan fingerprint density at radius 2 is 1.56 bits per heavy atom. The van der Waals surface area contributed by atoms with Crippen LogP contribution < -0.4 is 20.5 Å². The van der Waals surface area contributed by atoms with Gasteiger partial charge in [-0.3, -0.25) is 4.79 Å². The van der Waals surface area contributed by atoms with Crippen molar-refractivity contribution >= 4 is 27.7 Å². The number of hydrogen-bond donors (Lipinski definition) is 3. The minimum Gasteiger partial charge on any atom is -0.495 e. The molecular weight excluding hydrogens is 458 g/mol.